The summed E-state index contributed by atoms with van der Waals surface area (Å²) in [7, 11) is 1.82. The molecule has 0 bridgehead atoms. The Morgan fingerprint density at radius 1 is 1.11 bits per heavy atom. The molecule has 0 atom stereocenters. The number of aromatic nitrogens is 3. The van der Waals surface area contributed by atoms with Crippen LogP contribution in [0.2, 0.25) is 15.1 Å². The zero-order valence-electron chi connectivity index (χ0n) is 14.5. The molecule has 0 fully saturated rings. The van der Waals surface area contributed by atoms with Crippen molar-refractivity contribution in [2.75, 3.05) is 11.1 Å². The van der Waals surface area contributed by atoms with Crippen LogP contribution in [0.4, 0.5) is 5.69 Å². The highest BCUT2D eigenvalue weighted by atomic mass is 35.5. The number of rotatable bonds is 5. The van der Waals surface area contributed by atoms with E-state index < -0.39 is 0 Å². The summed E-state index contributed by atoms with van der Waals surface area (Å²) in [5.41, 5.74) is 2.36. The second kappa shape index (κ2) is 8.52. The molecular weight excluding hydrogens is 427 g/mol. The molecule has 140 valence electrons. The molecule has 1 heterocycles. The highest BCUT2D eigenvalue weighted by molar-refractivity contribution is 7.99. The molecule has 1 aromatic heterocycles. The molecule has 27 heavy (non-hydrogen) atoms. The van der Waals surface area contributed by atoms with E-state index in [1.807, 2.05) is 20.0 Å². The predicted molar refractivity (Wildman–Crippen MR) is 112 cm³/mol. The van der Waals surface area contributed by atoms with E-state index in [0.717, 1.165) is 11.1 Å². The Balaban J connectivity index is 1.69. The van der Waals surface area contributed by atoms with E-state index in [4.69, 9.17) is 34.8 Å². The maximum atomic E-state index is 12.3. The minimum absolute atomic E-state index is 0.153. The van der Waals surface area contributed by atoms with Gasteiger partial charge in [-0.3, -0.25) is 4.79 Å². The van der Waals surface area contributed by atoms with E-state index in [2.05, 4.69) is 15.5 Å². The summed E-state index contributed by atoms with van der Waals surface area (Å²) >= 11 is 19.4. The first-order valence-electron chi connectivity index (χ1n) is 7.89. The molecule has 3 aromatic rings. The van der Waals surface area contributed by atoms with Crippen molar-refractivity contribution in [2.45, 2.75) is 12.1 Å². The molecule has 5 nitrogen and oxygen atoms in total. The number of thioether (sulfide) groups is 1. The Bertz CT molecular complexity index is 1010. The van der Waals surface area contributed by atoms with Gasteiger partial charge in [0.05, 0.1) is 10.8 Å². The molecule has 2 aromatic carbocycles. The summed E-state index contributed by atoms with van der Waals surface area (Å²) in [4.78, 5) is 12.3. The Hall–Kier alpha value is -1.73. The smallest absolute Gasteiger partial charge is 0.234 e. The molecule has 0 spiro atoms. The minimum atomic E-state index is -0.153. The van der Waals surface area contributed by atoms with Crippen LogP contribution in [0, 0.1) is 6.92 Å². The highest BCUT2D eigenvalue weighted by Crippen LogP contribution is 2.30. The van der Waals surface area contributed by atoms with Gasteiger partial charge in [-0.1, -0.05) is 52.6 Å². The number of carbonyl (C=O) groups excluding carboxylic acids is 1. The van der Waals surface area contributed by atoms with Gasteiger partial charge >= 0.3 is 0 Å². The summed E-state index contributed by atoms with van der Waals surface area (Å²) < 4.78 is 1.79. The summed E-state index contributed by atoms with van der Waals surface area (Å²) in [5, 5.41) is 13.4. The van der Waals surface area contributed by atoms with Gasteiger partial charge in [-0.15, -0.1) is 10.2 Å². The van der Waals surface area contributed by atoms with Gasteiger partial charge in [-0.05, 0) is 42.8 Å². The van der Waals surface area contributed by atoms with Crippen molar-refractivity contribution in [3.8, 4) is 11.4 Å². The number of halogens is 3. The van der Waals surface area contributed by atoms with Crippen molar-refractivity contribution >= 4 is 58.2 Å². The van der Waals surface area contributed by atoms with Gasteiger partial charge in [-0.2, -0.15) is 0 Å². The van der Waals surface area contributed by atoms with Crippen LogP contribution in [0.3, 0.4) is 0 Å². The molecule has 0 radical (unpaired) electrons. The normalized spacial score (nSPS) is 10.9. The first-order chi connectivity index (χ1) is 12.8. The Kier molecular flexibility index (Phi) is 6.32. The molecule has 0 saturated carbocycles. The van der Waals surface area contributed by atoms with E-state index >= 15 is 0 Å². The third-order valence-corrected chi connectivity index (χ3v) is 5.62. The average Bonchev–Trinajstić information content (AvgIpc) is 2.97. The quantitative estimate of drug-likeness (QED) is 0.532. The Morgan fingerprint density at radius 3 is 2.56 bits per heavy atom. The first-order valence-corrected chi connectivity index (χ1v) is 10.0. The fraction of sp³-hybridized carbons (Fsp3) is 0.167. The predicted octanol–water partition coefficient (Wildman–Crippen LogP) is 5.48. The number of benzene rings is 2. The molecule has 0 aliphatic rings. The molecule has 3 rings (SSSR count). The number of nitrogens with zero attached hydrogens (tertiary/aromatic N) is 3. The standard InChI is InChI=1S/C18H15Cl3N4OS/c1-10-3-4-12(20)8-15(10)22-16(26)9-27-18-24-23-17(25(18)2)13-6-5-11(19)7-14(13)21/h3-8H,9H2,1-2H3,(H,22,26). The van der Waals surface area contributed by atoms with Crippen molar-refractivity contribution in [2.24, 2.45) is 7.05 Å². The van der Waals surface area contributed by atoms with Crippen LogP contribution in [0.5, 0.6) is 0 Å². The largest absolute Gasteiger partial charge is 0.325 e. The van der Waals surface area contributed by atoms with Crippen LogP contribution >= 0.6 is 46.6 Å². The van der Waals surface area contributed by atoms with E-state index in [1.165, 1.54) is 11.8 Å². The number of amides is 1. The maximum Gasteiger partial charge on any atom is 0.234 e. The summed E-state index contributed by atoms with van der Waals surface area (Å²) in [5.74, 6) is 0.636. The second-order valence-electron chi connectivity index (χ2n) is 5.79. The van der Waals surface area contributed by atoms with Gasteiger partial charge < -0.3 is 9.88 Å². The van der Waals surface area contributed by atoms with Gasteiger partial charge in [0.15, 0.2) is 11.0 Å². The SMILES string of the molecule is Cc1ccc(Cl)cc1NC(=O)CSc1nnc(-c2ccc(Cl)cc2Cl)n1C. The van der Waals surface area contributed by atoms with Crippen LogP contribution in [0.15, 0.2) is 41.6 Å². The molecule has 0 unspecified atom stereocenters. The number of aryl methyl sites for hydroxylation is 1. The minimum Gasteiger partial charge on any atom is -0.325 e. The lowest BCUT2D eigenvalue weighted by Crippen LogP contribution is -2.15. The molecule has 1 amide bonds. The molecule has 0 saturated heterocycles. The number of hydrogen-bond donors (Lipinski definition) is 1. The fourth-order valence-electron chi connectivity index (χ4n) is 2.39. The molecule has 1 N–H and O–H groups in total. The zero-order valence-corrected chi connectivity index (χ0v) is 17.5. The molecule has 0 aliphatic heterocycles. The van der Waals surface area contributed by atoms with Crippen molar-refractivity contribution in [3.63, 3.8) is 0 Å². The number of anilines is 1. The van der Waals surface area contributed by atoms with Crippen molar-refractivity contribution in [1.82, 2.24) is 14.8 Å². The van der Waals surface area contributed by atoms with E-state index in [9.17, 15) is 4.79 Å². The summed E-state index contributed by atoms with van der Waals surface area (Å²) in [6, 6.07) is 10.5. The summed E-state index contributed by atoms with van der Waals surface area (Å²) in [6.45, 7) is 1.91. The van der Waals surface area contributed by atoms with Crippen molar-refractivity contribution in [3.05, 3.63) is 57.0 Å². The van der Waals surface area contributed by atoms with Gasteiger partial charge in [0, 0.05) is 28.3 Å². The number of hydrogen-bond acceptors (Lipinski definition) is 4. The highest BCUT2D eigenvalue weighted by Gasteiger charge is 2.15. The van der Waals surface area contributed by atoms with Crippen LogP contribution in [-0.4, -0.2) is 26.4 Å². The average molecular weight is 442 g/mol. The molecule has 9 heteroatoms. The lowest BCUT2D eigenvalue weighted by Gasteiger charge is -2.09. The number of nitrogens with one attached hydrogen (secondary N) is 1. The third-order valence-electron chi connectivity index (χ3n) is 3.81. The van der Waals surface area contributed by atoms with E-state index in [0.29, 0.717) is 31.7 Å². The molecule has 0 aliphatic carbocycles. The van der Waals surface area contributed by atoms with E-state index in [-0.39, 0.29) is 11.7 Å². The maximum absolute atomic E-state index is 12.3. The lowest BCUT2D eigenvalue weighted by molar-refractivity contribution is -0.113. The van der Waals surface area contributed by atoms with Crippen molar-refractivity contribution < 1.29 is 4.79 Å². The first kappa shape index (κ1) is 20.0. The van der Waals surface area contributed by atoms with Crippen molar-refractivity contribution in [1.29, 1.82) is 0 Å². The van der Waals surface area contributed by atoms with Crippen LogP contribution in [0.25, 0.3) is 11.4 Å². The summed E-state index contributed by atoms with van der Waals surface area (Å²) in [6.07, 6.45) is 0. The van der Waals surface area contributed by atoms with Crippen LogP contribution in [-0.2, 0) is 11.8 Å². The second-order valence-corrected chi connectivity index (χ2v) is 8.01. The van der Waals surface area contributed by atoms with Gasteiger partial charge in [0.1, 0.15) is 0 Å². The topological polar surface area (TPSA) is 59.8 Å². The van der Waals surface area contributed by atoms with Gasteiger partial charge in [0.25, 0.3) is 0 Å². The van der Waals surface area contributed by atoms with Gasteiger partial charge in [-0.25, -0.2) is 0 Å². The Morgan fingerprint density at radius 2 is 1.81 bits per heavy atom. The lowest BCUT2D eigenvalue weighted by atomic mass is 10.2. The van der Waals surface area contributed by atoms with Crippen LogP contribution < -0.4 is 5.32 Å². The zero-order chi connectivity index (χ0) is 19.6. The molecular formula is C18H15Cl3N4OS. The van der Waals surface area contributed by atoms with E-state index in [1.54, 1.807) is 34.9 Å². The monoisotopic (exact) mass is 440 g/mol. The Labute approximate surface area is 176 Å². The van der Waals surface area contributed by atoms with Gasteiger partial charge in [0.2, 0.25) is 5.91 Å². The van der Waals surface area contributed by atoms with Crippen LogP contribution in [0.1, 0.15) is 5.56 Å². The number of carbonyl (C=O) groups is 1. The fourth-order valence-corrected chi connectivity index (χ4v) is 3.77. The third kappa shape index (κ3) is 4.76.